The molecule has 3 amide bonds. The summed E-state index contributed by atoms with van der Waals surface area (Å²) in [7, 11) is 1.54. The highest BCUT2D eigenvalue weighted by Gasteiger charge is 2.23. The third-order valence-corrected chi connectivity index (χ3v) is 2.70. The fraction of sp³-hybridized carbons (Fsp3) is 0.286. The van der Waals surface area contributed by atoms with Crippen LogP contribution in [0.1, 0.15) is 18.9 Å². The van der Waals surface area contributed by atoms with Gasteiger partial charge in [0.2, 0.25) is 0 Å². The maximum atomic E-state index is 11.5. The summed E-state index contributed by atoms with van der Waals surface area (Å²) in [6.45, 7) is 2.65. The smallest absolute Gasteiger partial charge is 0.326 e. The molecule has 6 heteroatoms. The number of rotatable bonds is 5. The molecule has 1 heterocycles. The Balaban J connectivity index is 2.26. The molecule has 2 N–H and O–H groups in total. The Morgan fingerprint density at radius 2 is 2.05 bits per heavy atom. The standard InChI is InChI=1S/C14H16N2O4/c1-3-6-20-10-5-4-9(12(8-10)19-2)7-11-13(17)16-14(18)15-11/h4-5,7-8H,3,6H2,1-2H3,(H2,15,16,17,18)/b11-7-. The van der Waals surface area contributed by atoms with Gasteiger partial charge >= 0.3 is 6.03 Å². The minimum Gasteiger partial charge on any atom is -0.496 e. The molecule has 0 radical (unpaired) electrons. The molecule has 1 fully saturated rings. The number of nitrogens with one attached hydrogen (secondary N) is 2. The third-order valence-electron chi connectivity index (χ3n) is 2.70. The van der Waals surface area contributed by atoms with Crippen molar-refractivity contribution in [1.29, 1.82) is 0 Å². The first-order valence-corrected chi connectivity index (χ1v) is 6.29. The number of hydrogen-bond acceptors (Lipinski definition) is 4. The largest absolute Gasteiger partial charge is 0.496 e. The Kier molecular flexibility index (Phi) is 4.24. The first-order valence-electron chi connectivity index (χ1n) is 6.29. The molecular weight excluding hydrogens is 260 g/mol. The highest BCUT2D eigenvalue weighted by Crippen LogP contribution is 2.26. The first-order chi connectivity index (χ1) is 9.63. The highest BCUT2D eigenvalue weighted by atomic mass is 16.5. The van der Waals surface area contributed by atoms with Crippen LogP contribution in [-0.4, -0.2) is 25.7 Å². The number of hydrogen-bond donors (Lipinski definition) is 2. The van der Waals surface area contributed by atoms with Crippen molar-refractivity contribution in [3.05, 3.63) is 29.5 Å². The third kappa shape index (κ3) is 3.09. The summed E-state index contributed by atoms with van der Waals surface area (Å²) in [6.07, 6.45) is 2.48. The van der Waals surface area contributed by atoms with Gasteiger partial charge in [-0.1, -0.05) is 6.92 Å². The molecular formula is C14H16N2O4. The lowest BCUT2D eigenvalue weighted by Gasteiger charge is -2.09. The number of benzene rings is 1. The van der Waals surface area contributed by atoms with Crippen molar-refractivity contribution in [3.63, 3.8) is 0 Å². The van der Waals surface area contributed by atoms with Crippen LogP contribution in [0, 0.1) is 0 Å². The van der Waals surface area contributed by atoms with E-state index in [0.717, 1.165) is 6.42 Å². The Hall–Kier alpha value is -2.50. The van der Waals surface area contributed by atoms with Crippen LogP contribution in [0.15, 0.2) is 23.9 Å². The number of ether oxygens (including phenoxy) is 2. The molecule has 2 rings (SSSR count). The lowest BCUT2D eigenvalue weighted by atomic mass is 10.1. The molecule has 0 spiro atoms. The minimum atomic E-state index is -0.525. The molecule has 1 aliphatic rings. The van der Waals surface area contributed by atoms with Crippen LogP contribution in [0.5, 0.6) is 11.5 Å². The Bertz CT molecular complexity index is 566. The van der Waals surface area contributed by atoms with Gasteiger partial charge in [0.15, 0.2) is 0 Å². The molecule has 0 saturated carbocycles. The van der Waals surface area contributed by atoms with Crippen molar-refractivity contribution in [3.8, 4) is 11.5 Å². The van der Waals surface area contributed by atoms with Crippen LogP contribution in [0.25, 0.3) is 6.08 Å². The monoisotopic (exact) mass is 276 g/mol. The van der Waals surface area contributed by atoms with Gasteiger partial charge in [0, 0.05) is 11.6 Å². The van der Waals surface area contributed by atoms with Gasteiger partial charge in [-0.2, -0.15) is 0 Å². The number of carbonyl (C=O) groups is 2. The van der Waals surface area contributed by atoms with E-state index in [2.05, 4.69) is 10.6 Å². The van der Waals surface area contributed by atoms with E-state index in [0.29, 0.717) is 23.7 Å². The predicted octanol–water partition coefficient (Wildman–Crippen LogP) is 1.66. The molecule has 1 saturated heterocycles. The summed E-state index contributed by atoms with van der Waals surface area (Å²) in [4.78, 5) is 22.5. The molecule has 1 aromatic carbocycles. The quantitative estimate of drug-likeness (QED) is 0.633. The first kappa shape index (κ1) is 13.9. The summed E-state index contributed by atoms with van der Waals surface area (Å²) in [5.41, 5.74) is 0.874. The van der Waals surface area contributed by atoms with E-state index in [9.17, 15) is 9.59 Å². The van der Waals surface area contributed by atoms with Crippen LogP contribution >= 0.6 is 0 Å². The van der Waals surface area contributed by atoms with Crippen molar-refractivity contribution < 1.29 is 19.1 Å². The van der Waals surface area contributed by atoms with E-state index in [1.807, 2.05) is 6.92 Å². The molecule has 6 nitrogen and oxygen atoms in total. The van der Waals surface area contributed by atoms with E-state index in [-0.39, 0.29) is 5.70 Å². The maximum Gasteiger partial charge on any atom is 0.326 e. The van der Waals surface area contributed by atoms with E-state index < -0.39 is 11.9 Å². The summed E-state index contributed by atoms with van der Waals surface area (Å²) < 4.78 is 10.8. The van der Waals surface area contributed by atoms with Crippen LogP contribution in [0.4, 0.5) is 4.79 Å². The lowest BCUT2D eigenvalue weighted by Crippen LogP contribution is -2.22. The molecule has 20 heavy (non-hydrogen) atoms. The van der Waals surface area contributed by atoms with Crippen LogP contribution in [-0.2, 0) is 4.79 Å². The topological polar surface area (TPSA) is 76.7 Å². The Labute approximate surface area is 116 Å². The molecule has 0 aromatic heterocycles. The van der Waals surface area contributed by atoms with Crippen molar-refractivity contribution in [2.45, 2.75) is 13.3 Å². The average Bonchev–Trinajstić information content (AvgIpc) is 2.75. The molecule has 1 aliphatic heterocycles. The zero-order valence-electron chi connectivity index (χ0n) is 11.4. The van der Waals surface area contributed by atoms with E-state index in [4.69, 9.17) is 9.47 Å². The van der Waals surface area contributed by atoms with Crippen LogP contribution in [0.2, 0.25) is 0 Å². The van der Waals surface area contributed by atoms with E-state index in [1.54, 1.807) is 24.3 Å². The fourth-order valence-corrected chi connectivity index (χ4v) is 1.76. The second-order valence-electron chi connectivity index (χ2n) is 4.22. The summed E-state index contributed by atoms with van der Waals surface area (Å²) in [6, 6.07) is 4.79. The van der Waals surface area contributed by atoms with Crippen LogP contribution < -0.4 is 20.1 Å². The lowest BCUT2D eigenvalue weighted by molar-refractivity contribution is -0.115. The van der Waals surface area contributed by atoms with Gasteiger partial charge < -0.3 is 14.8 Å². The second kappa shape index (κ2) is 6.10. The van der Waals surface area contributed by atoms with Crippen LogP contribution in [0.3, 0.4) is 0 Å². The van der Waals surface area contributed by atoms with Gasteiger partial charge in [-0.15, -0.1) is 0 Å². The average molecular weight is 276 g/mol. The zero-order valence-corrected chi connectivity index (χ0v) is 11.4. The predicted molar refractivity (Wildman–Crippen MR) is 73.4 cm³/mol. The zero-order chi connectivity index (χ0) is 14.5. The Morgan fingerprint density at radius 3 is 2.65 bits per heavy atom. The summed E-state index contributed by atoms with van der Waals surface area (Å²) >= 11 is 0. The van der Waals surface area contributed by atoms with Gasteiger partial charge in [0.25, 0.3) is 5.91 Å². The maximum absolute atomic E-state index is 11.5. The van der Waals surface area contributed by atoms with Gasteiger partial charge in [-0.25, -0.2) is 4.79 Å². The number of urea groups is 1. The molecule has 0 aliphatic carbocycles. The number of amides is 3. The molecule has 1 aromatic rings. The van der Waals surface area contributed by atoms with Crippen molar-refractivity contribution in [2.75, 3.05) is 13.7 Å². The van der Waals surface area contributed by atoms with Crippen molar-refractivity contribution in [1.82, 2.24) is 10.6 Å². The molecule has 0 unspecified atom stereocenters. The molecule has 0 bridgehead atoms. The fourth-order valence-electron chi connectivity index (χ4n) is 1.76. The van der Waals surface area contributed by atoms with Gasteiger partial charge in [-0.05, 0) is 24.6 Å². The van der Waals surface area contributed by atoms with Crippen molar-refractivity contribution >= 4 is 18.0 Å². The summed E-state index contributed by atoms with van der Waals surface area (Å²) in [5, 5.41) is 4.57. The van der Waals surface area contributed by atoms with E-state index in [1.165, 1.54) is 7.11 Å². The SMILES string of the molecule is CCCOc1ccc(/C=C2\NC(=O)NC2=O)c(OC)c1. The molecule has 0 atom stereocenters. The van der Waals surface area contributed by atoms with Gasteiger partial charge in [0.1, 0.15) is 17.2 Å². The van der Waals surface area contributed by atoms with Crippen molar-refractivity contribution in [2.24, 2.45) is 0 Å². The minimum absolute atomic E-state index is 0.190. The number of imide groups is 1. The Morgan fingerprint density at radius 1 is 1.25 bits per heavy atom. The van der Waals surface area contributed by atoms with Gasteiger partial charge in [-0.3, -0.25) is 10.1 Å². The molecule has 106 valence electrons. The summed E-state index contributed by atoms with van der Waals surface area (Å²) in [5.74, 6) is 0.814. The van der Waals surface area contributed by atoms with E-state index >= 15 is 0 Å². The van der Waals surface area contributed by atoms with Gasteiger partial charge in [0.05, 0.1) is 13.7 Å². The second-order valence-corrected chi connectivity index (χ2v) is 4.22. The number of carbonyl (C=O) groups excluding carboxylic acids is 2. The normalized spacial score (nSPS) is 16.0. The highest BCUT2D eigenvalue weighted by molar-refractivity contribution is 6.14. The number of methoxy groups -OCH3 is 1.